The van der Waals surface area contributed by atoms with Crippen LogP contribution in [-0.4, -0.2) is 19.5 Å². The number of aromatic nitrogens is 4. The highest BCUT2D eigenvalue weighted by Crippen LogP contribution is 2.42. The number of thiophene rings is 1. The molecule has 266 valence electrons. The second kappa shape index (κ2) is 12.6. The highest BCUT2D eigenvalue weighted by atomic mass is 32.1. The third kappa shape index (κ3) is 5.04. The lowest BCUT2D eigenvalue weighted by Crippen LogP contribution is -2.00. The molecule has 57 heavy (non-hydrogen) atoms. The molecule has 0 amide bonds. The van der Waals surface area contributed by atoms with Crippen LogP contribution in [0, 0.1) is 0 Å². The molecule has 0 aliphatic rings. The fourth-order valence-electron chi connectivity index (χ4n) is 8.51. The van der Waals surface area contributed by atoms with Crippen LogP contribution in [0.3, 0.4) is 0 Å². The van der Waals surface area contributed by atoms with Crippen molar-refractivity contribution < 1.29 is 4.42 Å². The molecule has 12 aromatic rings. The second-order valence-electron chi connectivity index (χ2n) is 14.4. The average Bonchev–Trinajstić information content (AvgIpc) is 3.96. The minimum atomic E-state index is 0.599. The summed E-state index contributed by atoms with van der Waals surface area (Å²) in [6.07, 6.45) is 0. The van der Waals surface area contributed by atoms with E-state index in [9.17, 15) is 0 Å². The maximum Gasteiger partial charge on any atom is 0.164 e. The summed E-state index contributed by atoms with van der Waals surface area (Å²) in [6.45, 7) is 0. The van der Waals surface area contributed by atoms with Crippen molar-refractivity contribution in [3.63, 3.8) is 0 Å². The van der Waals surface area contributed by atoms with Crippen LogP contribution in [0.4, 0.5) is 0 Å². The topological polar surface area (TPSA) is 56.7 Å². The molecule has 0 spiro atoms. The molecule has 4 heterocycles. The Morgan fingerprint density at radius 2 is 1.02 bits per heavy atom. The Morgan fingerprint density at radius 3 is 1.79 bits per heavy atom. The molecule has 0 atom stereocenters. The van der Waals surface area contributed by atoms with E-state index in [0.717, 1.165) is 55.3 Å². The smallest absolute Gasteiger partial charge is 0.164 e. The minimum Gasteiger partial charge on any atom is -0.456 e. The summed E-state index contributed by atoms with van der Waals surface area (Å²) in [5, 5.41) is 6.94. The van der Waals surface area contributed by atoms with Gasteiger partial charge in [-0.15, -0.1) is 11.3 Å². The standard InChI is InChI=1S/C51H30N4OS/c1-3-13-31(14-4-1)35-19-12-24-45-48(35)39-27-25-33(29-46(39)57-45)50-52-49(32-15-5-2-6-16-32)53-51(54-50)40-20-11-23-43-47(40)38-28-26-34(30-44(38)56-43)55-41-21-9-7-17-36(41)37-18-8-10-22-42(37)55/h1-30H. The molecule has 0 aliphatic heterocycles. The molecule has 0 bridgehead atoms. The van der Waals surface area contributed by atoms with Gasteiger partial charge >= 0.3 is 0 Å². The maximum absolute atomic E-state index is 6.64. The molecule has 0 saturated carbocycles. The molecular weight excluding hydrogens is 717 g/mol. The van der Waals surface area contributed by atoms with Crippen molar-refractivity contribution in [1.29, 1.82) is 0 Å². The number of para-hydroxylation sites is 2. The lowest BCUT2D eigenvalue weighted by Gasteiger charge is -2.10. The minimum absolute atomic E-state index is 0.599. The van der Waals surface area contributed by atoms with E-state index in [-0.39, 0.29) is 0 Å². The molecule has 0 N–H and O–H groups in total. The van der Waals surface area contributed by atoms with Gasteiger partial charge in [0.15, 0.2) is 17.5 Å². The summed E-state index contributed by atoms with van der Waals surface area (Å²) in [7, 11) is 0. The van der Waals surface area contributed by atoms with E-state index in [1.165, 1.54) is 42.1 Å². The molecule has 6 heteroatoms. The van der Waals surface area contributed by atoms with Gasteiger partial charge in [0.1, 0.15) is 11.2 Å². The van der Waals surface area contributed by atoms with E-state index in [0.29, 0.717) is 17.5 Å². The lowest BCUT2D eigenvalue weighted by molar-refractivity contribution is 0.668. The van der Waals surface area contributed by atoms with E-state index in [1.807, 2.05) is 42.5 Å². The predicted molar refractivity (Wildman–Crippen MR) is 236 cm³/mol. The Hall–Kier alpha value is -7.41. The molecule has 0 unspecified atom stereocenters. The van der Waals surface area contributed by atoms with Crippen LogP contribution in [0.15, 0.2) is 186 Å². The highest BCUT2D eigenvalue weighted by Gasteiger charge is 2.20. The average molecular weight is 747 g/mol. The lowest BCUT2D eigenvalue weighted by atomic mass is 9.99. The van der Waals surface area contributed by atoms with Crippen molar-refractivity contribution in [2.45, 2.75) is 0 Å². The number of rotatable bonds is 5. The first-order valence-corrected chi connectivity index (χ1v) is 19.8. The van der Waals surface area contributed by atoms with E-state index in [4.69, 9.17) is 19.4 Å². The summed E-state index contributed by atoms with van der Waals surface area (Å²) >= 11 is 1.80. The first kappa shape index (κ1) is 31.9. The summed E-state index contributed by atoms with van der Waals surface area (Å²) in [4.78, 5) is 15.5. The zero-order chi connectivity index (χ0) is 37.5. The molecule has 5 nitrogen and oxygen atoms in total. The third-order valence-electron chi connectivity index (χ3n) is 11.1. The Kier molecular flexibility index (Phi) is 7.03. The van der Waals surface area contributed by atoms with Crippen molar-refractivity contribution in [2.24, 2.45) is 0 Å². The molecule has 4 aromatic heterocycles. The molecule has 12 rings (SSSR count). The maximum atomic E-state index is 6.64. The van der Waals surface area contributed by atoms with Crippen molar-refractivity contribution in [3.05, 3.63) is 182 Å². The third-order valence-corrected chi connectivity index (χ3v) is 12.2. The summed E-state index contributed by atoms with van der Waals surface area (Å²) in [6, 6.07) is 63.7. The molecule has 0 radical (unpaired) electrons. The quantitative estimate of drug-likeness (QED) is 0.176. The van der Waals surface area contributed by atoms with Gasteiger partial charge in [0.2, 0.25) is 0 Å². The molecular formula is C51H30N4OS. The Labute approximate surface area is 330 Å². The molecule has 0 fully saturated rings. The van der Waals surface area contributed by atoms with Crippen LogP contribution in [0.2, 0.25) is 0 Å². The molecule has 0 aliphatic carbocycles. The number of benzene rings is 8. The van der Waals surface area contributed by atoms with E-state index < -0.39 is 0 Å². The Morgan fingerprint density at radius 1 is 0.386 bits per heavy atom. The van der Waals surface area contributed by atoms with Crippen molar-refractivity contribution in [2.75, 3.05) is 0 Å². The fourth-order valence-corrected chi connectivity index (χ4v) is 9.68. The fraction of sp³-hybridized carbons (Fsp3) is 0. The van der Waals surface area contributed by atoms with Crippen LogP contribution in [0.25, 0.3) is 115 Å². The Balaban J connectivity index is 1.03. The van der Waals surface area contributed by atoms with Crippen molar-refractivity contribution >= 4 is 75.3 Å². The van der Waals surface area contributed by atoms with Gasteiger partial charge < -0.3 is 8.98 Å². The van der Waals surface area contributed by atoms with Gasteiger partial charge in [0.05, 0.1) is 11.0 Å². The number of fused-ring (bicyclic) bond motifs is 9. The second-order valence-corrected chi connectivity index (χ2v) is 15.4. The van der Waals surface area contributed by atoms with Crippen molar-refractivity contribution in [1.82, 2.24) is 19.5 Å². The van der Waals surface area contributed by atoms with E-state index in [2.05, 4.69) is 144 Å². The van der Waals surface area contributed by atoms with Gasteiger partial charge in [-0.25, -0.2) is 15.0 Å². The van der Waals surface area contributed by atoms with Gasteiger partial charge in [0.25, 0.3) is 0 Å². The summed E-state index contributed by atoms with van der Waals surface area (Å²) in [5.41, 5.74) is 10.2. The van der Waals surface area contributed by atoms with Gasteiger partial charge in [-0.1, -0.05) is 133 Å². The van der Waals surface area contributed by atoms with E-state index in [1.54, 1.807) is 11.3 Å². The van der Waals surface area contributed by atoms with Gasteiger partial charge in [-0.3, -0.25) is 0 Å². The van der Waals surface area contributed by atoms with Crippen LogP contribution >= 0.6 is 11.3 Å². The summed E-state index contributed by atoms with van der Waals surface area (Å²) < 4.78 is 11.4. The first-order valence-electron chi connectivity index (χ1n) is 19.0. The summed E-state index contributed by atoms with van der Waals surface area (Å²) in [5.74, 6) is 1.85. The van der Waals surface area contributed by atoms with Crippen LogP contribution < -0.4 is 0 Å². The zero-order valence-electron chi connectivity index (χ0n) is 30.4. The largest absolute Gasteiger partial charge is 0.456 e. The number of hydrogen-bond donors (Lipinski definition) is 0. The number of furan rings is 1. The van der Waals surface area contributed by atoms with Gasteiger partial charge in [0, 0.05) is 70.2 Å². The predicted octanol–water partition coefficient (Wildman–Crippen LogP) is 13.9. The SMILES string of the molecule is c1ccc(-c2nc(-c3ccc4c(c3)sc3cccc(-c5ccccc5)c34)nc(-c3cccc4oc5cc(-n6c7ccccc7c7ccccc76)ccc5c34)n2)cc1. The Bertz CT molecular complexity index is 3470. The first-order chi connectivity index (χ1) is 28.2. The van der Waals surface area contributed by atoms with Gasteiger partial charge in [-0.05, 0) is 53.6 Å². The number of nitrogens with zero attached hydrogens (tertiary/aromatic N) is 4. The zero-order valence-corrected chi connectivity index (χ0v) is 31.2. The van der Waals surface area contributed by atoms with E-state index >= 15 is 0 Å². The van der Waals surface area contributed by atoms with Crippen LogP contribution in [0.5, 0.6) is 0 Å². The molecule has 8 aromatic carbocycles. The van der Waals surface area contributed by atoms with Gasteiger partial charge in [-0.2, -0.15) is 0 Å². The van der Waals surface area contributed by atoms with Crippen LogP contribution in [0.1, 0.15) is 0 Å². The monoisotopic (exact) mass is 746 g/mol. The van der Waals surface area contributed by atoms with Crippen molar-refractivity contribution in [3.8, 4) is 51.0 Å². The normalized spacial score (nSPS) is 11.9. The number of hydrogen-bond acceptors (Lipinski definition) is 5. The highest BCUT2D eigenvalue weighted by molar-refractivity contribution is 7.26. The molecule has 0 saturated heterocycles. The van der Waals surface area contributed by atoms with Crippen LogP contribution in [-0.2, 0) is 0 Å².